The molecule has 0 saturated carbocycles. The molecule has 2 rings (SSSR count). The fourth-order valence-electron chi connectivity index (χ4n) is 1.30. The summed E-state index contributed by atoms with van der Waals surface area (Å²) in [6.07, 6.45) is 3.52. The minimum Gasteiger partial charge on any atom is -0.324 e. The number of anilines is 1. The Hall–Kier alpha value is -1.94. The highest BCUT2D eigenvalue weighted by Gasteiger charge is 2.00. The third-order valence-electron chi connectivity index (χ3n) is 2.13. The van der Waals surface area contributed by atoms with E-state index in [4.69, 9.17) is 5.84 Å². The normalized spacial score (nSPS) is 10.0. The number of aromatic nitrogens is 2. The van der Waals surface area contributed by atoms with Gasteiger partial charge < -0.3 is 5.43 Å². The Bertz CT molecular complexity index is 450. The van der Waals surface area contributed by atoms with Crippen LogP contribution in [0.2, 0.25) is 0 Å². The van der Waals surface area contributed by atoms with Gasteiger partial charge in [-0.3, -0.25) is 15.8 Å². The number of hydrogen-bond acceptors (Lipinski definition) is 4. The van der Waals surface area contributed by atoms with Gasteiger partial charge in [-0.15, -0.1) is 0 Å². The smallest absolute Gasteiger partial charge is 0.0738 e. The fraction of sp³-hybridized carbons (Fsp3) is 0.0909. The summed E-state index contributed by atoms with van der Waals surface area (Å²) < 4.78 is 0. The Morgan fingerprint density at radius 1 is 1.20 bits per heavy atom. The highest BCUT2D eigenvalue weighted by molar-refractivity contribution is 5.62. The molecule has 0 saturated heterocycles. The lowest BCUT2D eigenvalue weighted by Gasteiger charge is -2.03. The van der Waals surface area contributed by atoms with E-state index in [2.05, 4.69) is 15.4 Å². The van der Waals surface area contributed by atoms with E-state index in [0.29, 0.717) is 0 Å². The number of hydrazine groups is 1. The van der Waals surface area contributed by atoms with E-state index in [-0.39, 0.29) is 0 Å². The van der Waals surface area contributed by atoms with Gasteiger partial charge in [0.15, 0.2) is 0 Å². The zero-order valence-electron chi connectivity index (χ0n) is 8.44. The maximum absolute atomic E-state index is 5.33. The molecule has 2 aromatic rings. The molecule has 0 spiro atoms. The van der Waals surface area contributed by atoms with Gasteiger partial charge in [-0.05, 0) is 31.2 Å². The van der Waals surface area contributed by atoms with Crippen molar-refractivity contribution in [2.75, 3.05) is 5.43 Å². The van der Waals surface area contributed by atoms with Gasteiger partial charge in [-0.25, -0.2) is 0 Å². The van der Waals surface area contributed by atoms with Crippen LogP contribution in [-0.4, -0.2) is 9.97 Å². The first-order valence-corrected chi connectivity index (χ1v) is 4.65. The summed E-state index contributed by atoms with van der Waals surface area (Å²) in [4.78, 5) is 8.47. The van der Waals surface area contributed by atoms with Crippen LogP contribution in [0, 0.1) is 6.92 Å². The summed E-state index contributed by atoms with van der Waals surface area (Å²) >= 11 is 0. The molecule has 15 heavy (non-hydrogen) atoms. The van der Waals surface area contributed by atoms with Crippen molar-refractivity contribution in [3.63, 3.8) is 0 Å². The molecule has 3 N–H and O–H groups in total. The Morgan fingerprint density at radius 3 is 2.73 bits per heavy atom. The number of nitrogens with one attached hydrogen (secondary N) is 1. The molecule has 0 bridgehead atoms. The van der Waals surface area contributed by atoms with Crippen molar-refractivity contribution in [2.24, 2.45) is 5.84 Å². The van der Waals surface area contributed by atoms with Crippen LogP contribution in [0.3, 0.4) is 0 Å². The van der Waals surface area contributed by atoms with Crippen LogP contribution in [0.4, 0.5) is 5.69 Å². The van der Waals surface area contributed by atoms with Crippen molar-refractivity contribution in [1.82, 2.24) is 9.97 Å². The maximum Gasteiger partial charge on any atom is 0.0738 e. The van der Waals surface area contributed by atoms with Crippen LogP contribution in [-0.2, 0) is 0 Å². The molecule has 4 heteroatoms. The SMILES string of the molecule is Cc1ccc(-c2cc(NN)ccn2)cn1. The quantitative estimate of drug-likeness (QED) is 0.572. The van der Waals surface area contributed by atoms with E-state index >= 15 is 0 Å². The largest absolute Gasteiger partial charge is 0.324 e. The van der Waals surface area contributed by atoms with Gasteiger partial charge in [0.1, 0.15) is 0 Å². The highest BCUT2D eigenvalue weighted by atomic mass is 15.2. The number of hydrogen-bond donors (Lipinski definition) is 2. The van der Waals surface area contributed by atoms with Crippen LogP contribution < -0.4 is 11.3 Å². The minimum absolute atomic E-state index is 0.834. The van der Waals surface area contributed by atoms with Crippen molar-refractivity contribution in [3.05, 3.63) is 42.4 Å². The number of rotatable bonds is 2. The van der Waals surface area contributed by atoms with Crippen LogP contribution in [0.25, 0.3) is 11.3 Å². The first-order valence-electron chi connectivity index (χ1n) is 4.65. The lowest BCUT2D eigenvalue weighted by Crippen LogP contribution is -2.06. The summed E-state index contributed by atoms with van der Waals surface area (Å²) in [5.41, 5.74) is 6.26. The van der Waals surface area contributed by atoms with Gasteiger partial charge in [0, 0.05) is 23.7 Å². The molecule has 0 amide bonds. The summed E-state index contributed by atoms with van der Waals surface area (Å²) in [6, 6.07) is 7.64. The first-order chi connectivity index (χ1) is 7.29. The van der Waals surface area contributed by atoms with Crippen molar-refractivity contribution in [2.45, 2.75) is 6.92 Å². The van der Waals surface area contributed by atoms with Gasteiger partial charge >= 0.3 is 0 Å². The number of pyridine rings is 2. The summed E-state index contributed by atoms with van der Waals surface area (Å²) in [5, 5.41) is 0. The molecule has 2 heterocycles. The molecule has 0 atom stereocenters. The molecule has 0 radical (unpaired) electrons. The second-order valence-electron chi connectivity index (χ2n) is 3.26. The van der Waals surface area contributed by atoms with Crippen LogP contribution >= 0.6 is 0 Å². The van der Waals surface area contributed by atoms with E-state index in [1.54, 1.807) is 12.4 Å². The molecular weight excluding hydrogens is 188 g/mol. The summed E-state index contributed by atoms with van der Waals surface area (Å²) in [7, 11) is 0. The average Bonchev–Trinajstić information content (AvgIpc) is 2.30. The van der Waals surface area contributed by atoms with Gasteiger partial charge in [0.05, 0.1) is 11.4 Å². The van der Waals surface area contributed by atoms with Crippen molar-refractivity contribution in [1.29, 1.82) is 0 Å². The minimum atomic E-state index is 0.834. The van der Waals surface area contributed by atoms with E-state index in [1.807, 2.05) is 31.2 Å². The van der Waals surface area contributed by atoms with Gasteiger partial charge in [0.2, 0.25) is 0 Å². The third-order valence-corrected chi connectivity index (χ3v) is 2.13. The van der Waals surface area contributed by atoms with Crippen LogP contribution in [0.5, 0.6) is 0 Å². The summed E-state index contributed by atoms with van der Waals surface area (Å²) in [5.74, 6) is 5.33. The second-order valence-corrected chi connectivity index (χ2v) is 3.26. The number of nitrogens with zero attached hydrogens (tertiary/aromatic N) is 2. The van der Waals surface area contributed by atoms with Gasteiger partial charge in [-0.2, -0.15) is 0 Å². The Morgan fingerprint density at radius 2 is 2.07 bits per heavy atom. The van der Waals surface area contributed by atoms with Crippen LogP contribution in [0.15, 0.2) is 36.7 Å². The molecular formula is C11H12N4. The number of aryl methyl sites for hydroxylation is 1. The zero-order valence-corrected chi connectivity index (χ0v) is 8.44. The number of nitrogens with two attached hydrogens (primary N) is 1. The molecule has 0 aliphatic carbocycles. The predicted octanol–water partition coefficient (Wildman–Crippen LogP) is 1.74. The molecule has 0 fully saturated rings. The molecule has 4 nitrogen and oxygen atoms in total. The van der Waals surface area contributed by atoms with E-state index in [9.17, 15) is 0 Å². The maximum atomic E-state index is 5.33. The Kier molecular flexibility index (Phi) is 2.60. The molecule has 0 aliphatic heterocycles. The zero-order chi connectivity index (χ0) is 10.7. The van der Waals surface area contributed by atoms with E-state index in [0.717, 1.165) is 22.6 Å². The van der Waals surface area contributed by atoms with Crippen molar-refractivity contribution >= 4 is 5.69 Å². The fourth-order valence-corrected chi connectivity index (χ4v) is 1.30. The highest BCUT2D eigenvalue weighted by Crippen LogP contribution is 2.18. The van der Waals surface area contributed by atoms with Gasteiger partial charge in [-0.1, -0.05) is 0 Å². The first kappa shape index (κ1) is 9.61. The summed E-state index contributed by atoms with van der Waals surface area (Å²) in [6.45, 7) is 1.95. The molecule has 0 aromatic carbocycles. The lowest BCUT2D eigenvalue weighted by atomic mass is 10.2. The van der Waals surface area contributed by atoms with E-state index < -0.39 is 0 Å². The predicted molar refractivity (Wildman–Crippen MR) is 60.0 cm³/mol. The van der Waals surface area contributed by atoms with Crippen LogP contribution in [0.1, 0.15) is 5.69 Å². The molecule has 0 aliphatic rings. The Labute approximate surface area is 88.2 Å². The second kappa shape index (κ2) is 4.06. The topological polar surface area (TPSA) is 63.8 Å². The molecule has 0 unspecified atom stereocenters. The van der Waals surface area contributed by atoms with Crippen molar-refractivity contribution in [3.8, 4) is 11.3 Å². The van der Waals surface area contributed by atoms with Gasteiger partial charge in [0.25, 0.3) is 0 Å². The third kappa shape index (κ3) is 2.11. The van der Waals surface area contributed by atoms with Crippen molar-refractivity contribution < 1.29 is 0 Å². The average molecular weight is 200 g/mol. The molecule has 76 valence electrons. The Balaban J connectivity index is 2.40. The lowest BCUT2D eigenvalue weighted by molar-refractivity contribution is 1.19. The number of nitrogen functional groups attached to an aromatic ring is 1. The van der Waals surface area contributed by atoms with E-state index in [1.165, 1.54) is 0 Å². The monoisotopic (exact) mass is 200 g/mol. The standard InChI is InChI=1S/C11H12N4/c1-8-2-3-9(7-14-8)11-6-10(15-12)4-5-13-11/h2-7H,12H2,1H3,(H,13,15). The molecule has 2 aromatic heterocycles.